The number of phenols is 1. The molecule has 0 saturated carbocycles. The van der Waals surface area contributed by atoms with Gasteiger partial charge in [0.25, 0.3) is 11.8 Å². The van der Waals surface area contributed by atoms with Crippen molar-refractivity contribution >= 4 is 57.2 Å². The minimum Gasteiger partial charge on any atom is -0.508 e. The molecule has 19 heteroatoms. The fourth-order valence-corrected chi connectivity index (χ4v) is 12.4. The highest BCUT2D eigenvalue weighted by atomic mass is 19.1. The zero-order valence-electron chi connectivity index (χ0n) is 41.4. The summed E-state index contributed by atoms with van der Waals surface area (Å²) in [5.74, 6) is -0.816. The minimum atomic E-state index is -1.01. The Bertz CT molecular complexity index is 3240. The average Bonchev–Trinajstić information content (AvgIpc) is 4.13. The van der Waals surface area contributed by atoms with E-state index in [-0.39, 0.29) is 89.2 Å². The van der Waals surface area contributed by atoms with E-state index < -0.39 is 52.9 Å². The smallest absolute Gasteiger partial charge is 0.407 e. The Morgan fingerprint density at radius 3 is 2.57 bits per heavy atom. The summed E-state index contributed by atoms with van der Waals surface area (Å²) in [6.45, 7) is 6.97. The van der Waals surface area contributed by atoms with Crippen LogP contribution in [-0.2, 0) is 20.7 Å². The van der Waals surface area contributed by atoms with Crippen LogP contribution in [0.3, 0.4) is 0 Å². The molecule has 5 saturated heterocycles. The van der Waals surface area contributed by atoms with Crippen LogP contribution in [0.2, 0.25) is 0 Å². The third-order valence-corrected chi connectivity index (χ3v) is 15.9. The molecule has 3 aromatic carbocycles. The maximum absolute atomic E-state index is 17.2. The lowest BCUT2D eigenvalue weighted by Gasteiger charge is -2.35. The number of alkyl carbamates (subject to hydrolysis) is 1. The van der Waals surface area contributed by atoms with Gasteiger partial charge in [0.2, 0.25) is 11.8 Å². The number of rotatable bonds is 16. The number of unbranched alkanes of at least 4 members (excludes halogenated alkanes) is 4. The van der Waals surface area contributed by atoms with E-state index in [0.29, 0.717) is 61.2 Å². The van der Waals surface area contributed by atoms with Gasteiger partial charge in [-0.05, 0) is 93.0 Å². The number of carbonyl (C=O) groups is 5. The zero-order chi connectivity index (χ0) is 52.1. The van der Waals surface area contributed by atoms with Crippen LogP contribution >= 0.6 is 0 Å². The van der Waals surface area contributed by atoms with Gasteiger partial charge in [0, 0.05) is 67.9 Å². The van der Waals surface area contributed by atoms with Gasteiger partial charge in [0.05, 0.1) is 27.6 Å². The second-order valence-electron chi connectivity index (χ2n) is 20.8. The number of piperazine rings is 1. The number of fused-ring (bicyclic) bond motifs is 6. The number of nitrogens with one attached hydrogen (secondary N) is 3. The van der Waals surface area contributed by atoms with Crippen molar-refractivity contribution in [3.8, 4) is 35.4 Å². The number of amides is 5. The maximum atomic E-state index is 17.2. The monoisotopic (exact) mass is 1020 g/mol. The van der Waals surface area contributed by atoms with Crippen LogP contribution in [0.1, 0.15) is 109 Å². The molecule has 4 N–H and O–H groups in total. The van der Waals surface area contributed by atoms with Crippen LogP contribution in [0, 0.1) is 24.0 Å². The number of piperidine rings is 1. The van der Waals surface area contributed by atoms with Crippen molar-refractivity contribution in [1.29, 1.82) is 0 Å². The number of anilines is 1. The van der Waals surface area contributed by atoms with Gasteiger partial charge in [-0.15, -0.1) is 6.42 Å². The summed E-state index contributed by atoms with van der Waals surface area (Å²) < 4.78 is 44.6. The molecule has 2 aromatic heterocycles. The Kier molecular flexibility index (Phi) is 13.4. The van der Waals surface area contributed by atoms with Gasteiger partial charge in [-0.1, -0.05) is 55.5 Å². The number of hydrogen-bond donors (Lipinski definition) is 4. The third-order valence-electron chi connectivity index (χ3n) is 15.9. The Labute approximate surface area is 431 Å². The number of benzene rings is 3. The lowest BCUT2D eigenvalue weighted by atomic mass is 9.94. The highest BCUT2D eigenvalue weighted by Gasteiger charge is 2.52. The molecule has 2 bridgehead atoms. The molecule has 4 unspecified atom stereocenters. The first-order valence-corrected chi connectivity index (χ1v) is 25.9. The number of phenolic OH excluding ortho intramolecular Hbond substituents is 1. The van der Waals surface area contributed by atoms with Gasteiger partial charge < -0.3 is 30.1 Å². The number of nitrogens with zero attached hydrogens (tertiary/aromatic N) is 6. The molecular formula is C56H57F2N9O8. The third kappa shape index (κ3) is 9.39. The van der Waals surface area contributed by atoms with Gasteiger partial charge in [-0.25, -0.2) is 13.6 Å². The second-order valence-corrected chi connectivity index (χ2v) is 20.8. The van der Waals surface area contributed by atoms with Crippen molar-refractivity contribution in [3.63, 3.8) is 0 Å². The zero-order valence-corrected chi connectivity index (χ0v) is 41.4. The minimum absolute atomic E-state index is 0.0184. The standard InChI is InChI=1S/C56H57F2N9O8/c1-3-38-42(57)16-13-33-22-37(68)23-40(45(33)38)48-47(58)49-41(25-60-48)50(65-27-34-14-15-35(28-65)61-34)64-54(63-49)75-30-56-20-19-36(66(56)26-31(2)24-56)29-74-55(73)59-21-8-6-4-5-7-10-32-11-9-12-39-46(32)53(72)67(52(39)71)43-17-18-44(69)62-51(43)70/h1,9,11-13,16,22-23,25,34-36,43,61,68H,2,4-8,10,14-15,17-21,24,26-30H2,(H,59,73)(H,62,69,70)/t34?,35?,36?,43?,56-/m1/s1. The van der Waals surface area contributed by atoms with Crippen molar-refractivity contribution in [1.82, 2.24) is 40.7 Å². The first-order valence-electron chi connectivity index (χ1n) is 25.9. The summed E-state index contributed by atoms with van der Waals surface area (Å²) >= 11 is 0. The largest absolute Gasteiger partial charge is 0.508 e. The van der Waals surface area contributed by atoms with Gasteiger partial charge in [-0.2, -0.15) is 9.97 Å². The van der Waals surface area contributed by atoms with Crippen LogP contribution in [0.4, 0.5) is 19.4 Å². The van der Waals surface area contributed by atoms with Gasteiger partial charge in [0.15, 0.2) is 5.82 Å². The molecule has 5 aromatic rings. The number of terminal acetylenes is 1. The van der Waals surface area contributed by atoms with E-state index in [1.165, 1.54) is 30.5 Å². The number of hydrogen-bond acceptors (Lipinski definition) is 14. The van der Waals surface area contributed by atoms with E-state index in [9.17, 15) is 29.1 Å². The quantitative estimate of drug-likeness (QED) is 0.0355. The topological polar surface area (TPSA) is 209 Å². The van der Waals surface area contributed by atoms with Crippen molar-refractivity contribution in [2.24, 2.45) is 0 Å². The molecule has 388 valence electrons. The van der Waals surface area contributed by atoms with Crippen LogP contribution in [0.25, 0.3) is 32.9 Å². The second kappa shape index (κ2) is 20.3. The number of imide groups is 2. The first-order chi connectivity index (χ1) is 36.3. The summed E-state index contributed by atoms with van der Waals surface area (Å²) in [6, 6.07) is 9.98. The normalized spacial score (nSPS) is 23.2. The molecule has 5 fully saturated rings. The summed E-state index contributed by atoms with van der Waals surface area (Å²) in [5, 5.41) is 20.5. The summed E-state index contributed by atoms with van der Waals surface area (Å²) in [4.78, 5) is 83.3. The highest BCUT2D eigenvalue weighted by Crippen LogP contribution is 2.45. The van der Waals surface area contributed by atoms with E-state index in [4.69, 9.17) is 20.9 Å². The summed E-state index contributed by atoms with van der Waals surface area (Å²) in [7, 11) is 0. The van der Waals surface area contributed by atoms with Crippen molar-refractivity contribution in [2.45, 2.75) is 113 Å². The van der Waals surface area contributed by atoms with Crippen LogP contribution in [0.5, 0.6) is 11.8 Å². The fourth-order valence-electron chi connectivity index (χ4n) is 12.4. The van der Waals surface area contributed by atoms with Crippen molar-refractivity contribution in [2.75, 3.05) is 44.3 Å². The number of aromatic nitrogens is 3. The van der Waals surface area contributed by atoms with Crippen LogP contribution in [-0.4, -0.2) is 129 Å². The maximum Gasteiger partial charge on any atom is 0.407 e. The van der Waals surface area contributed by atoms with E-state index in [2.05, 4.69) is 48.2 Å². The molecule has 0 aliphatic carbocycles. The first kappa shape index (κ1) is 49.6. The van der Waals surface area contributed by atoms with Crippen molar-refractivity contribution < 1.29 is 47.3 Å². The van der Waals surface area contributed by atoms with E-state index in [1.54, 1.807) is 12.1 Å². The van der Waals surface area contributed by atoms with Crippen LogP contribution < -0.4 is 25.6 Å². The molecule has 75 heavy (non-hydrogen) atoms. The van der Waals surface area contributed by atoms with Gasteiger partial charge in [-0.3, -0.25) is 39.3 Å². The number of pyridine rings is 1. The molecule has 6 aliphatic rings. The molecular weight excluding hydrogens is 965 g/mol. The lowest BCUT2D eigenvalue weighted by molar-refractivity contribution is -0.136. The molecule has 0 radical (unpaired) electrons. The molecule has 5 atom stereocenters. The molecule has 5 amide bonds. The van der Waals surface area contributed by atoms with E-state index >= 15 is 8.78 Å². The number of aromatic hydroxyl groups is 1. The Hall–Kier alpha value is -7.56. The predicted molar refractivity (Wildman–Crippen MR) is 273 cm³/mol. The van der Waals surface area contributed by atoms with E-state index in [0.717, 1.165) is 73.8 Å². The average molecular weight is 1020 g/mol. The molecule has 17 nitrogen and oxygen atoms in total. The lowest BCUT2D eigenvalue weighted by Crippen LogP contribution is -2.54. The number of carbonyl (C=O) groups excluding carboxylic acids is 5. The van der Waals surface area contributed by atoms with E-state index in [1.807, 2.05) is 6.07 Å². The molecule has 8 heterocycles. The van der Waals surface area contributed by atoms with Crippen LogP contribution in [0.15, 0.2) is 60.8 Å². The molecule has 0 spiro atoms. The predicted octanol–water partition coefficient (Wildman–Crippen LogP) is 6.61. The Morgan fingerprint density at radius 1 is 0.973 bits per heavy atom. The fraction of sp³-hybridized carbons (Fsp3) is 0.429. The number of aryl methyl sites for hydroxylation is 1. The Morgan fingerprint density at radius 2 is 1.77 bits per heavy atom. The Balaban J connectivity index is 0.698. The molecule has 11 rings (SSSR count). The summed E-state index contributed by atoms with van der Waals surface area (Å²) in [6.07, 6.45) is 15.8. The molecule has 6 aliphatic heterocycles. The SMILES string of the molecule is C#Cc1c(F)ccc2cc(O)cc(-c3ncc4c(N5CC6CCC(C5)N6)nc(OC[C@]56CCC(COC(=O)NCCCCCCCc7cccc8c7C(=O)N(C7CCC(=O)NC7=O)C8=O)N5CC(=C)C6)nc4c3F)c12. The van der Waals surface area contributed by atoms with Crippen molar-refractivity contribution in [3.05, 3.63) is 94.7 Å². The number of ether oxygens (including phenoxy) is 2. The van der Waals surface area contributed by atoms with Gasteiger partial charge >= 0.3 is 12.1 Å². The highest BCUT2D eigenvalue weighted by molar-refractivity contribution is 6.24. The number of halogens is 2. The van der Waals surface area contributed by atoms with Gasteiger partial charge in [0.1, 0.15) is 47.9 Å². The summed E-state index contributed by atoms with van der Waals surface area (Å²) in [5.41, 5.74) is 1.73.